The van der Waals surface area contributed by atoms with Crippen molar-refractivity contribution in [2.75, 3.05) is 4.90 Å². The average Bonchev–Trinajstić information content (AvgIpc) is 2.48. The van der Waals surface area contributed by atoms with Gasteiger partial charge < -0.3 is 10.0 Å². The van der Waals surface area contributed by atoms with Gasteiger partial charge in [-0.15, -0.1) is 0 Å². The van der Waals surface area contributed by atoms with E-state index in [0.29, 0.717) is 11.3 Å². The molecule has 2 atom stereocenters. The molecule has 2 unspecified atom stereocenters. The lowest BCUT2D eigenvalue weighted by atomic mass is 9.95. The van der Waals surface area contributed by atoms with Gasteiger partial charge in [-0.1, -0.05) is 24.3 Å². The fourth-order valence-electron chi connectivity index (χ4n) is 3.03. The molecule has 2 aromatic carbocycles. The smallest absolute Gasteiger partial charge is 0.147 e. The third-order valence-corrected chi connectivity index (χ3v) is 4.24. The van der Waals surface area contributed by atoms with E-state index in [0.717, 1.165) is 18.5 Å². The second-order valence-electron chi connectivity index (χ2n) is 5.77. The summed E-state index contributed by atoms with van der Waals surface area (Å²) in [5.41, 5.74) is 3.53. The summed E-state index contributed by atoms with van der Waals surface area (Å²) in [5.74, 6) is -0.281. The summed E-state index contributed by atoms with van der Waals surface area (Å²) in [6.07, 6.45) is 1.38. The maximum Gasteiger partial charge on any atom is 0.147 e. The lowest BCUT2D eigenvalue weighted by molar-refractivity contribution is 0.199. The van der Waals surface area contributed by atoms with E-state index in [1.807, 2.05) is 18.2 Å². The molecule has 1 aliphatic rings. The Morgan fingerprint density at radius 3 is 2.67 bits per heavy atom. The average molecular weight is 285 g/mol. The molecule has 1 aliphatic heterocycles. The molecule has 3 heteroatoms. The molecule has 2 aromatic rings. The van der Waals surface area contributed by atoms with Crippen molar-refractivity contribution in [3.05, 3.63) is 59.4 Å². The Labute approximate surface area is 124 Å². The maximum atomic E-state index is 14.5. The van der Waals surface area contributed by atoms with Gasteiger partial charge in [0.2, 0.25) is 0 Å². The molecule has 0 fully saturated rings. The number of anilines is 2. The zero-order valence-electron chi connectivity index (χ0n) is 12.4. The lowest BCUT2D eigenvalue weighted by Crippen LogP contribution is -2.33. The van der Waals surface area contributed by atoms with Gasteiger partial charge in [-0.2, -0.15) is 0 Å². The van der Waals surface area contributed by atoms with Crippen molar-refractivity contribution in [3.63, 3.8) is 0 Å². The van der Waals surface area contributed by atoms with Gasteiger partial charge in [-0.3, -0.25) is 0 Å². The monoisotopic (exact) mass is 285 g/mol. The SMILES string of the molecule is CC(O)c1ccc(N2c3ccccc3CCC2C)c(F)c1. The molecule has 1 N–H and O–H groups in total. The molecule has 2 nitrogen and oxygen atoms in total. The molecular weight excluding hydrogens is 265 g/mol. The van der Waals surface area contributed by atoms with Gasteiger partial charge >= 0.3 is 0 Å². The summed E-state index contributed by atoms with van der Waals surface area (Å²) in [5, 5.41) is 9.58. The van der Waals surface area contributed by atoms with Gasteiger partial charge in [0.25, 0.3) is 0 Å². The standard InChI is InChI=1S/C18H20FNO/c1-12-7-8-14-5-3-4-6-17(14)20(12)18-10-9-15(13(2)21)11-16(18)19/h3-6,9-13,21H,7-8H2,1-2H3. The zero-order valence-corrected chi connectivity index (χ0v) is 12.4. The number of nitrogens with zero attached hydrogens (tertiary/aromatic N) is 1. The first kappa shape index (κ1) is 14.1. The largest absolute Gasteiger partial charge is 0.389 e. The van der Waals surface area contributed by atoms with Gasteiger partial charge in [0.05, 0.1) is 11.8 Å². The number of hydrogen-bond acceptors (Lipinski definition) is 2. The van der Waals surface area contributed by atoms with Crippen LogP contribution in [0.4, 0.5) is 15.8 Å². The predicted octanol–water partition coefficient (Wildman–Crippen LogP) is 4.35. The summed E-state index contributed by atoms with van der Waals surface area (Å²) < 4.78 is 14.5. The second kappa shape index (κ2) is 5.49. The molecule has 0 aliphatic carbocycles. The van der Waals surface area contributed by atoms with Crippen LogP contribution in [-0.2, 0) is 6.42 Å². The number of rotatable bonds is 2. The zero-order chi connectivity index (χ0) is 15.0. The van der Waals surface area contributed by atoms with Crippen molar-refractivity contribution in [3.8, 4) is 0 Å². The van der Waals surface area contributed by atoms with Crippen LogP contribution < -0.4 is 4.90 Å². The number of para-hydroxylation sites is 1. The molecule has 0 bridgehead atoms. The molecule has 0 radical (unpaired) electrons. The van der Waals surface area contributed by atoms with Crippen molar-refractivity contribution in [2.45, 2.75) is 38.8 Å². The Morgan fingerprint density at radius 2 is 1.95 bits per heavy atom. The highest BCUT2D eigenvalue weighted by Crippen LogP contribution is 2.38. The molecule has 3 rings (SSSR count). The maximum absolute atomic E-state index is 14.5. The minimum Gasteiger partial charge on any atom is -0.389 e. The second-order valence-corrected chi connectivity index (χ2v) is 5.77. The van der Waals surface area contributed by atoms with E-state index >= 15 is 0 Å². The summed E-state index contributed by atoms with van der Waals surface area (Å²) in [4.78, 5) is 2.07. The highest BCUT2D eigenvalue weighted by Gasteiger charge is 2.26. The number of aryl methyl sites for hydroxylation is 1. The van der Waals surface area contributed by atoms with E-state index in [-0.39, 0.29) is 11.9 Å². The molecule has 0 saturated carbocycles. The first-order chi connectivity index (χ1) is 10.1. The minimum atomic E-state index is -0.653. The molecule has 21 heavy (non-hydrogen) atoms. The Bertz CT molecular complexity index is 653. The highest BCUT2D eigenvalue weighted by molar-refractivity contribution is 5.69. The summed E-state index contributed by atoms with van der Waals surface area (Å²) >= 11 is 0. The van der Waals surface area contributed by atoms with E-state index < -0.39 is 6.10 Å². The molecule has 0 amide bonds. The molecular formula is C18H20FNO. The highest BCUT2D eigenvalue weighted by atomic mass is 19.1. The fourth-order valence-corrected chi connectivity index (χ4v) is 3.03. The Morgan fingerprint density at radius 1 is 1.19 bits per heavy atom. The van der Waals surface area contributed by atoms with Crippen molar-refractivity contribution in [1.29, 1.82) is 0 Å². The first-order valence-corrected chi connectivity index (χ1v) is 7.42. The number of benzene rings is 2. The van der Waals surface area contributed by atoms with E-state index in [1.165, 1.54) is 11.6 Å². The summed E-state index contributed by atoms with van der Waals surface area (Å²) in [7, 11) is 0. The quantitative estimate of drug-likeness (QED) is 0.886. The van der Waals surface area contributed by atoms with E-state index in [1.54, 1.807) is 19.1 Å². The van der Waals surface area contributed by atoms with Gasteiger partial charge in [-0.05, 0) is 56.0 Å². The molecule has 0 spiro atoms. The molecule has 1 heterocycles. The molecule has 110 valence electrons. The Kier molecular flexibility index (Phi) is 3.68. The third-order valence-electron chi connectivity index (χ3n) is 4.24. The Balaban J connectivity index is 2.07. The fraction of sp³-hybridized carbons (Fsp3) is 0.333. The number of halogens is 1. The van der Waals surface area contributed by atoms with Crippen LogP contribution in [0.25, 0.3) is 0 Å². The van der Waals surface area contributed by atoms with Gasteiger partial charge in [-0.25, -0.2) is 4.39 Å². The van der Waals surface area contributed by atoms with Crippen LogP contribution >= 0.6 is 0 Å². The number of aliphatic hydroxyl groups excluding tert-OH is 1. The van der Waals surface area contributed by atoms with E-state index in [9.17, 15) is 9.50 Å². The minimum absolute atomic E-state index is 0.256. The van der Waals surface area contributed by atoms with Crippen molar-refractivity contribution in [1.82, 2.24) is 0 Å². The van der Waals surface area contributed by atoms with Crippen LogP contribution in [0.3, 0.4) is 0 Å². The van der Waals surface area contributed by atoms with Crippen molar-refractivity contribution in [2.24, 2.45) is 0 Å². The van der Waals surface area contributed by atoms with Crippen LogP contribution in [0.15, 0.2) is 42.5 Å². The van der Waals surface area contributed by atoms with Gasteiger partial charge in [0.15, 0.2) is 0 Å². The van der Waals surface area contributed by atoms with Crippen LogP contribution in [0.1, 0.15) is 37.5 Å². The van der Waals surface area contributed by atoms with Gasteiger partial charge in [0.1, 0.15) is 5.82 Å². The van der Waals surface area contributed by atoms with Gasteiger partial charge in [0, 0.05) is 11.7 Å². The molecule has 0 saturated heterocycles. The lowest BCUT2D eigenvalue weighted by Gasteiger charge is -2.37. The number of fused-ring (bicyclic) bond motifs is 1. The normalized spacial score (nSPS) is 19.2. The van der Waals surface area contributed by atoms with Crippen LogP contribution in [0.5, 0.6) is 0 Å². The van der Waals surface area contributed by atoms with Crippen LogP contribution in [0, 0.1) is 5.82 Å². The van der Waals surface area contributed by atoms with Crippen molar-refractivity contribution >= 4 is 11.4 Å². The number of aliphatic hydroxyl groups is 1. The van der Waals surface area contributed by atoms with E-state index in [2.05, 4.69) is 17.9 Å². The topological polar surface area (TPSA) is 23.5 Å². The summed E-state index contributed by atoms with van der Waals surface area (Å²) in [6.45, 7) is 3.77. The molecule has 0 aromatic heterocycles. The van der Waals surface area contributed by atoms with Crippen LogP contribution in [0.2, 0.25) is 0 Å². The first-order valence-electron chi connectivity index (χ1n) is 7.42. The third kappa shape index (κ3) is 2.54. The van der Waals surface area contributed by atoms with Crippen molar-refractivity contribution < 1.29 is 9.50 Å². The number of hydrogen-bond donors (Lipinski definition) is 1. The van der Waals surface area contributed by atoms with E-state index in [4.69, 9.17) is 0 Å². The Hall–Kier alpha value is -1.87. The van der Waals surface area contributed by atoms with Crippen LogP contribution in [-0.4, -0.2) is 11.1 Å². The predicted molar refractivity (Wildman–Crippen MR) is 83.4 cm³/mol. The summed E-state index contributed by atoms with van der Waals surface area (Å²) in [6, 6.07) is 13.4.